The summed E-state index contributed by atoms with van der Waals surface area (Å²) in [6.07, 6.45) is 7.22. The van der Waals surface area contributed by atoms with Crippen molar-refractivity contribution in [2.24, 2.45) is 0 Å². The molecule has 2 heterocycles. The minimum atomic E-state index is -0.0876. The maximum Gasteiger partial charge on any atom is 0.251 e. The molecule has 1 aromatic carbocycles. The SMILES string of the molecule is CSc1cccc(C(=O)NCc2cccnc2-c2ccncc2)c1. The Morgan fingerprint density at radius 1 is 1.08 bits per heavy atom. The van der Waals surface area contributed by atoms with E-state index in [9.17, 15) is 4.79 Å². The fraction of sp³-hybridized carbons (Fsp3) is 0.105. The molecule has 1 amide bonds. The molecule has 2 aromatic heterocycles. The van der Waals surface area contributed by atoms with Crippen molar-refractivity contribution in [2.75, 3.05) is 6.26 Å². The van der Waals surface area contributed by atoms with Crippen molar-refractivity contribution in [1.82, 2.24) is 15.3 Å². The lowest BCUT2D eigenvalue weighted by atomic mass is 10.1. The number of nitrogens with one attached hydrogen (secondary N) is 1. The largest absolute Gasteiger partial charge is 0.348 e. The number of amides is 1. The molecule has 3 aromatic rings. The van der Waals surface area contributed by atoms with E-state index in [0.717, 1.165) is 21.7 Å². The van der Waals surface area contributed by atoms with E-state index in [-0.39, 0.29) is 5.91 Å². The topological polar surface area (TPSA) is 54.9 Å². The molecule has 120 valence electrons. The first-order valence-electron chi connectivity index (χ1n) is 7.54. The zero-order valence-corrected chi connectivity index (χ0v) is 14.1. The lowest BCUT2D eigenvalue weighted by molar-refractivity contribution is 0.0950. The van der Waals surface area contributed by atoms with Crippen molar-refractivity contribution in [3.63, 3.8) is 0 Å². The maximum atomic E-state index is 12.4. The van der Waals surface area contributed by atoms with Crippen molar-refractivity contribution in [2.45, 2.75) is 11.4 Å². The molecule has 0 spiro atoms. The van der Waals surface area contributed by atoms with Crippen LogP contribution in [0.5, 0.6) is 0 Å². The van der Waals surface area contributed by atoms with E-state index < -0.39 is 0 Å². The lowest BCUT2D eigenvalue weighted by Gasteiger charge is -2.10. The molecule has 0 aliphatic rings. The highest BCUT2D eigenvalue weighted by Crippen LogP contribution is 2.20. The van der Waals surface area contributed by atoms with Gasteiger partial charge < -0.3 is 5.32 Å². The molecule has 0 saturated carbocycles. The van der Waals surface area contributed by atoms with Crippen LogP contribution in [0, 0.1) is 0 Å². The first-order chi connectivity index (χ1) is 11.8. The molecular formula is C19H17N3OS. The standard InChI is InChI=1S/C19H17N3OS/c1-24-17-6-2-4-15(12-17)19(23)22-13-16-5-3-9-21-18(16)14-7-10-20-11-8-14/h2-12H,13H2,1H3,(H,22,23). The van der Waals surface area contributed by atoms with E-state index in [2.05, 4.69) is 15.3 Å². The summed E-state index contributed by atoms with van der Waals surface area (Å²) in [5.41, 5.74) is 3.48. The minimum absolute atomic E-state index is 0.0876. The van der Waals surface area contributed by atoms with Gasteiger partial charge >= 0.3 is 0 Å². The van der Waals surface area contributed by atoms with Crippen LogP contribution in [0.4, 0.5) is 0 Å². The monoisotopic (exact) mass is 335 g/mol. The summed E-state index contributed by atoms with van der Waals surface area (Å²) >= 11 is 1.62. The van der Waals surface area contributed by atoms with Crippen LogP contribution >= 0.6 is 11.8 Å². The summed E-state index contributed by atoms with van der Waals surface area (Å²) in [6.45, 7) is 0.424. The second-order valence-electron chi connectivity index (χ2n) is 5.16. The summed E-state index contributed by atoms with van der Waals surface area (Å²) in [4.78, 5) is 21.9. The molecule has 3 rings (SSSR count). The smallest absolute Gasteiger partial charge is 0.251 e. The minimum Gasteiger partial charge on any atom is -0.348 e. The van der Waals surface area contributed by atoms with Crippen molar-refractivity contribution in [3.8, 4) is 11.3 Å². The maximum absolute atomic E-state index is 12.4. The van der Waals surface area contributed by atoms with Gasteiger partial charge in [-0.2, -0.15) is 0 Å². The van der Waals surface area contributed by atoms with E-state index >= 15 is 0 Å². The number of pyridine rings is 2. The number of hydrogen-bond acceptors (Lipinski definition) is 4. The summed E-state index contributed by atoms with van der Waals surface area (Å²) in [6, 6.07) is 15.3. The third kappa shape index (κ3) is 3.81. The Morgan fingerprint density at radius 3 is 2.71 bits per heavy atom. The predicted octanol–water partition coefficient (Wildman–Crippen LogP) is 3.80. The van der Waals surface area contributed by atoms with Gasteiger partial charge in [0.15, 0.2) is 0 Å². The number of benzene rings is 1. The first kappa shape index (κ1) is 16.2. The van der Waals surface area contributed by atoms with Crippen molar-refractivity contribution >= 4 is 17.7 Å². The number of hydrogen-bond donors (Lipinski definition) is 1. The first-order valence-corrected chi connectivity index (χ1v) is 8.77. The van der Waals surface area contributed by atoms with Crippen LogP contribution in [0.15, 0.2) is 72.0 Å². The molecule has 0 bridgehead atoms. The van der Waals surface area contributed by atoms with E-state index in [1.165, 1.54) is 0 Å². The molecule has 4 nitrogen and oxygen atoms in total. The molecule has 0 atom stereocenters. The van der Waals surface area contributed by atoms with E-state index in [1.54, 1.807) is 30.4 Å². The average Bonchev–Trinajstić information content (AvgIpc) is 2.67. The van der Waals surface area contributed by atoms with Crippen LogP contribution in [-0.2, 0) is 6.54 Å². The van der Waals surface area contributed by atoms with Crippen molar-refractivity contribution in [1.29, 1.82) is 0 Å². The summed E-state index contributed by atoms with van der Waals surface area (Å²) in [7, 11) is 0. The normalized spacial score (nSPS) is 10.4. The molecule has 0 fully saturated rings. The van der Waals surface area contributed by atoms with E-state index in [1.807, 2.05) is 54.8 Å². The summed E-state index contributed by atoms with van der Waals surface area (Å²) < 4.78 is 0. The fourth-order valence-electron chi connectivity index (χ4n) is 2.39. The Morgan fingerprint density at radius 2 is 1.92 bits per heavy atom. The van der Waals surface area contributed by atoms with Gasteiger partial charge in [0, 0.05) is 41.2 Å². The van der Waals surface area contributed by atoms with Gasteiger partial charge in [-0.25, -0.2) is 0 Å². The molecule has 0 saturated heterocycles. The molecule has 0 aliphatic carbocycles. The number of thioether (sulfide) groups is 1. The second kappa shape index (κ2) is 7.75. The number of carbonyl (C=O) groups excluding carboxylic acids is 1. The van der Waals surface area contributed by atoms with Crippen molar-refractivity contribution < 1.29 is 4.79 Å². The number of rotatable bonds is 5. The van der Waals surface area contributed by atoms with Crippen LogP contribution in [-0.4, -0.2) is 22.1 Å². The van der Waals surface area contributed by atoms with Gasteiger partial charge in [-0.15, -0.1) is 11.8 Å². The van der Waals surface area contributed by atoms with Gasteiger partial charge in [-0.1, -0.05) is 12.1 Å². The van der Waals surface area contributed by atoms with Crippen LogP contribution in [0.2, 0.25) is 0 Å². The Balaban J connectivity index is 1.76. The predicted molar refractivity (Wildman–Crippen MR) is 96.9 cm³/mol. The third-order valence-corrected chi connectivity index (χ3v) is 4.34. The van der Waals surface area contributed by atoms with Gasteiger partial charge in [0.05, 0.1) is 5.69 Å². The summed E-state index contributed by atoms with van der Waals surface area (Å²) in [5, 5.41) is 2.97. The Bertz CT molecular complexity index is 837. The molecule has 5 heteroatoms. The molecule has 24 heavy (non-hydrogen) atoms. The van der Waals surface area contributed by atoms with Crippen molar-refractivity contribution in [3.05, 3.63) is 78.2 Å². The Kier molecular flexibility index (Phi) is 5.23. The van der Waals surface area contributed by atoms with Gasteiger partial charge in [0.25, 0.3) is 5.91 Å². The number of carbonyl (C=O) groups is 1. The quantitative estimate of drug-likeness (QED) is 0.721. The Hall–Kier alpha value is -2.66. The molecule has 0 radical (unpaired) electrons. The van der Waals surface area contributed by atoms with E-state index in [0.29, 0.717) is 12.1 Å². The highest BCUT2D eigenvalue weighted by Gasteiger charge is 2.09. The zero-order valence-electron chi connectivity index (χ0n) is 13.3. The molecule has 1 N–H and O–H groups in total. The van der Waals surface area contributed by atoms with Gasteiger partial charge in [-0.3, -0.25) is 14.8 Å². The fourth-order valence-corrected chi connectivity index (χ4v) is 2.85. The Labute approximate surface area is 145 Å². The lowest BCUT2D eigenvalue weighted by Crippen LogP contribution is -2.23. The van der Waals surface area contributed by atoms with Crippen LogP contribution in [0.3, 0.4) is 0 Å². The number of nitrogens with zero attached hydrogens (tertiary/aromatic N) is 2. The molecule has 0 unspecified atom stereocenters. The van der Waals surface area contributed by atoms with Gasteiger partial charge in [0.2, 0.25) is 0 Å². The highest BCUT2D eigenvalue weighted by atomic mass is 32.2. The summed E-state index contributed by atoms with van der Waals surface area (Å²) in [5.74, 6) is -0.0876. The second-order valence-corrected chi connectivity index (χ2v) is 6.04. The van der Waals surface area contributed by atoms with Gasteiger partial charge in [0.1, 0.15) is 0 Å². The van der Waals surface area contributed by atoms with Crippen LogP contribution in [0.1, 0.15) is 15.9 Å². The van der Waals surface area contributed by atoms with E-state index in [4.69, 9.17) is 0 Å². The average molecular weight is 335 g/mol. The number of aromatic nitrogens is 2. The zero-order chi connectivity index (χ0) is 16.8. The molecular weight excluding hydrogens is 318 g/mol. The van der Waals surface area contributed by atoms with Crippen LogP contribution in [0.25, 0.3) is 11.3 Å². The van der Waals surface area contributed by atoms with Gasteiger partial charge in [-0.05, 0) is 48.2 Å². The third-order valence-electron chi connectivity index (χ3n) is 3.62. The molecule has 0 aliphatic heterocycles. The highest BCUT2D eigenvalue weighted by molar-refractivity contribution is 7.98. The van der Waals surface area contributed by atoms with Crippen LogP contribution < -0.4 is 5.32 Å².